The van der Waals surface area contributed by atoms with Crippen LogP contribution < -0.4 is 5.56 Å². The summed E-state index contributed by atoms with van der Waals surface area (Å²) in [6, 6.07) is 8.31. The van der Waals surface area contributed by atoms with Crippen molar-refractivity contribution in [2.45, 2.75) is 33.4 Å². The van der Waals surface area contributed by atoms with Crippen LogP contribution >= 0.6 is 0 Å². The normalized spacial score (nSPS) is 15.8. The Morgan fingerprint density at radius 1 is 1.10 bits per heavy atom. The van der Waals surface area contributed by atoms with Crippen LogP contribution in [-0.2, 0) is 11.3 Å². The van der Waals surface area contributed by atoms with Gasteiger partial charge in [0, 0.05) is 56.9 Å². The number of piperazine rings is 1. The van der Waals surface area contributed by atoms with E-state index in [2.05, 4.69) is 26.1 Å². The van der Waals surface area contributed by atoms with E-state index in [0.29, 0.717) is 18.9 Å². The first-order valence-electron chi connectivity index (χ1n) is 10.5. The average Bonchev–Trinajstić information content (AvgIpc) is 3.12. The standard InChI is InChI=1S/C22H27N7O2/c1-16-13-17(2)28(24-16)20-6-7-21(30)29(25-20)18(3)22(31)27-11-9-26(10-12-27)15-19-5-4-8-23-14-19/h4-8,13-14,18H,9-12,15H2,1-3H3. The maximum Gasteiger partial charge on any atom is 0.267 e. The minimum atomic E-state index is -0.686. The number of rotatable bonds is 5. The number of aryl methyl sites for hydroxylation is 2. The van der Waals surface area contributed by atoms with E-state index >= 15 is 0 Å². The third-order valence-corrected chi connectivity index (χ3v) is 5.57. The molecule has 4 heterocycles. The number of nitrogens with zero attached hydrogens (tertiary/aromatic N) is 7. The number of hydrogen-bond donors (Lipinski definition) is 0. The van der Waals surface area contributed by atoms with Gasteiger partial charge in [-0.25, -0.2) is 9.36 Å². The molecule has 4 rings (SSSR count). The van der Waals surface area contributed by atoms with Gasteiger partial charge in [-0.05, 0) is 44.5 Å². The Labute approximate surface area is 180 Å². The lowest BCUT2D eigenvalue weighted by Crippen LogP contribution is -2.50. The smallest absolute Gasteiger partial charge is 0.267 e. The summed E-state index contributed by atoms with van der Waals surface area (Å²) in [6.45, 7) is 9.17. The van der Waals surface area contributed by atoms with Crippen molar-refractivity contribution in [3.63, 3.8) is 0 Å². The quantitative estimate of drug-likeness (QED) is 0.618. The van der Waals surface area contributed by atoms with Gasteiger partial charge in [0.25, 0.3) is 5.56 Å². The third-order valence-electron chi connectivity index (χ3n) is 5.57. The fraction of sp³-hybridized carbons (Fsp3) is 0.409. The molecular weight excluding hydrogens is 394 g/mol. The van der Waals surface area contributed by atoms with Crippen LogP contribution in [0.2, 0.25) is 0 Å². The first kappa shape index (κ1) is 20.9. The van der Waals surface area contributed by atoms with E-state index in [1.54, 1.807) is 23.9 Å². The largest absolute Gasteiger partial charge is 0.338 e. The summed E-state index contributed by atoms with van der Waals surface area (Å²) >= 11 is 0. The summed E-state index contributed by atoms with van der Waals surface area (Å²) in [4.78, 5) is 33.8. The minimum absolute atomic E-state index is 0.0962. The molecule has 0 radical (unpaired) electrons. The summed E-state index contributed by atoms with van der Waals surface area (Å²) in [7, 11) is 0. The summed E-state index contributed by atoms with van der Waals surface area (Å²) in [5.41, 5.74) is 2.64. The van der Waals surface area contributed by atoms with Crippen molar-refractivity contribution in [2.24, 2.45) is 0 Å². The van der Waals surface area contributed by atoms with E-state index in [1.807, 2.05) is 37.1 Å². The van der Waals surface area contributed by atoms with Crippen LogP contribution in [-0.4, -0.2) is 66.4 Å². The second-order valence-electron chi connectivity index (χ2n) is 7.95. The molecular formula is C22H27N7O2. The van der Waals surface area contributed by atoms with Crippen molar-refractivity contribution >= 4 is 5.91 Å². The second kappa shape index (κ2) is 8.81. The molecule has 3 aromatic heterocycles. The molecule has 9 heteroatoms. The predicted molar refractivity (Wildman–Crippen MR) is 116 cm³/mol. The number of amides is 1. The van der Waals surface area contributed by atoms with E-state index in [0.717, 1.165) is 36.6 Å². The number of hydrogen-bond acceptors (Lipinski definition) is 6. The number of pyridine rings is 1. The first-order chi connectivity index (χ1) is 14.9. The number of carbonyl (C=O) groups is 1. The molecule has 0 bridgehead atoms. The summed E-state index contributed by atoms with van der Waals surface area (Å²) in [6.07, 6.45) is 3.63. The van der Waals surface area contributed by atoms with Gasteiger partial charge in [0.15, 0.2) is 5.82 Å². The zero-order valence-corrected chi connectivity index (χ0v) is 18.1. The van der Waals surface area contributed by atoms with Gasteiger partial charge in [-0.15, -0.1) is 5.10 Å². The zero-order valence-electron chi connectivity index (χ0n) is 18.1. The Bertz CT molecular complexity index is 1110. The maximum atomic E-state index is 13.1. The molecule has 0 saturated carbocycles. The van der Waals surface area contributed by atoms with Gasteiger partial charge >= 0.3 is 0 Å². The predicted octanol–water partition coefficient (Wildman–Crippen LogP) is 1.35. The monoisotopic (exact) mass is 421 g/mol. The highest BCUT2D eigenvalue weighted by Crippen LogP contribution is 2.14. The van der Waals surface area contributed by atoms with E-state index < -0.39 is 6.04 Å². The van der Waals surface area contributed by atoms with Crippen LogP contribution in [0.3, 0.4) is 0 Å². The molecule has 162 valence electrons. The zero-order chi connectivity index (χ0) is 22.0. The second-order valence-corrected chi connectivity index (χ2v) is 7.95. The Morgan fingerprint density at radius 2 is 1.87 bits per heavy atom. The summed E-state index contributed by atoms with van der Waals surface area (Å²) in [5, 5.41) is 8.86. The Morgan fingerprint density at radius 3 is 2.52 bits per heavy atom. The molecule has 0 aromatic carbocycles. The maximum absolute atomic E-state index is 13.1. The fourth-order valence-corrected chi connectivity index (χ4v) is 3.91. The van der Waals surface area contributed by atoms with Gasteiger partial charge in [0.1, 0.15) is 6.04 Å². The molecule has 1 atom stereocenters. The summed E-state index contributed by atoms with van der Waals surface area (Å²) < 4.78 is 2.94. The SMILES string of the molecule is Cc1cc(C)n(-c2ccc(=O)n(C(C)C(=O)N3CCN(Cc4cccnc4)CC3)n2)n1. The Kier molecular flexibility index (Phi) is 5.94. The molecule has 1 saturated heterocycles. The molecule has 0 aliphatic carbocycles. The lowest BCUT2D eigenvalue weighted by Gasteiger charge is -2.36. The molecule has 1 amide bonds. The van der Waals surface area contributed by atoms with Gasteiger partial charge < -0.3 is 4.90 Å². The van der Waals surface area contributed by atoms with Gasteiger partial charge in [-0.2, -0.15) is 5.10 Å². The molecule has 0 spiro atoms. The fourth-order valence-electron chi connectivity index (χ4n) is 3.91. The van der Waals surface area contributed by atoms with Gasteiger partial charge in [0.2, 0.25) is 5.91 Å². The van der Waals surface area contributed by atoms with Crippen LogP contribution in [0.15, 0.2) is 47.5 Å². The molecule has 31 heavy (non-hydrogen) atoms. The molecule has 1 aliphatic rings. The number of aromatic nitrogens is 5. The highest BCUT2D eigenvalue weighted by molar-refractivity contribution is 5.80. The van der Waals surface area contributed by atoms with Crippen LogP contribution in [0.1, 0.15) is 29.9 Å². The Balaban J connectivity index is 1.44. The van der Waals surface area contributed by atoms with Crippen molar-refractivity contribution in [3.8, 4) is 5.82 Å². The molecule has 1 unspecified atom stereocenters. The minimum Gasteiger partial charge on any atom is -0.338 e. The number of carbonyl (C=O) groups excluding carboxylic acids is 1. The van der Waals surface area contributed by atoms with Crippen molar-refractivity contribution in [1.82, 2.24) is 34.3 Å². The van der Waals surface area contributed by atoms with E-state index in [4.69, 9.17) is 0 Å². The highest BCUT2D eigenvalue weighted by atomic mass is 16.2. The van der Waals surface area contributed by atoms with Gasteiger partial charge in [-0.3, -0.25) is 19.5 Å². The highest BCUT2D eigenvalue weighted by Gasteiger charge is 2.27. The lowest BCUT2D eigenvalue weighted by molar-refractivity contribution is -0.136. The van der Waals surface area contributed by atoms with Crippen molar-refractivity contribution < 1.29 is 4.79 Å². The average molecular weight is 422 g/mol. The molecule has 0 N–H and O–H groups in total. The van der Waals surface area contributed by atoms with E-state index in [1.165, 1.54) is 10.7 Å². The van der Waals surface area contributed by atoms with Crippen molar-refractivity contribution in [3.05, 3.63) is 70.0 Å². The lowest BCUT2D eigenvalue weighted by atomic mass is 10.2. The van der Waals surface area contributed by atoms with E-state index in [-0.39, 0.29) is 11.5 Å². The topological polar surface area (TPSA) is 89.2 Å². The summed E-state index contributed by atoms with van der Waals surface area (Å²) in [5.74, 6) is 0.423. The Hall–Kier alpha value is -3.33. The van der Waals surface area contributed by atoms with Crippen LogP contribution in [0, 0.1) is 13.8 Å². The molecule has 3 aromatic rings. The first-order valence-corrected chi connectivity index (χ1v) is 10.5. The molecule has 1 aliphatic heterocycles. The van der Waals surface area contributed by atoms with Crippen LogP contribution in [0.5, 0.6) is 0 Å². The third kappa shape index (κ3) is 4.56. The van der Waals surface area contributed by atoms with Crippen LogP contribution in [0.25, 0.3) is 5.82 Å². The van der Waals surface area contributed by atoms with E-state index in [9.17, 15) is 9.59 Å². The van der Waals surface area contributed by atoms with Gasteiger partial charge in [0.05, 0.1) is 5.69 Å². The van der Waals surface area contributed by atoms with Crippen molar-refractivity contribution in [1.29, 1.82) is 0 Å². The van der Waals surface area contributed by atoms with Gasteiger partial charge in [-0.1, -0.05) is 6.07 Å². The van der Waals surface area contributed by atoms with Crippen LogP contribution in [0.4, 0.5) is 0 Å². The van der Waals surface area contributed by atoms with Crippen molar-refractivity contribution in [2.75, 3.05) is 26.2 Å². The molecule has 9 nitrogen and oxygen atoms in total. The molecule has 1 fully saturated rings.